The maximum atomic E-state index is 12.4. The van der Waals surface area contributed by atoms with E-state index in [4.69, 9.17) is 10.3 Å². The first-order valence-corrected chi connectivity index (χ1v) is 8.66. The van der Waals surface area contributed by atoms with Gasteiger partial charge in [0.15, 0.2) is 0 Å². The highest BCUT2D eigenvalue weighted by atomic mass is 32.3. The van der Waals surface area contributed by atoms with E-state index in [1.54, 1.807) is 0 Å². The van der Waals surface area contributed by atoms with Gasteiger partial charge in [0.25, 0.3) is 0 Å². The van der Waals surface area contributed by atoms with E-state index in [9.17, 15) is 18.0 Å². The molecular formula is C11H19N5O6S. The Morgan fingerprint density at radius 3 is 2.74 bits per heavy atom. The summed E-state index contributed by atoms with van der Waals surface area (Å²) >= 11 is 0. The molecule has 2 bridgehead atoms. The lowest BCUT2D eigenvalue weighted by molar-refractivity contribution is -0.126. The highest BCUT2D eigenvalue weighted by Crippen LogP contribution is 2.30. The minimum absolute atomic E-state index is 0.168. The van der Waals surface area contributed by atoms with Gasteiger partial charge in [-0.1, -0.05) is 0 Å². The summed E-state index contributed by atoms with van der Waals surface area (Å²) in [5.41, 5.74) is 5.87. The molecule has 0 spiro atoms. The zero-order chi connectivity index (χ0) is 16.8. The maximum absolute atomic E-state index is 12.4. The summed E-state index contributed by atoms with van der Waals surface area (Å²) in [4.78, 5) is 25.9. The summed E-state index contributed by atoms with van der Waals surface area (Å²) < 4.78 is 34.7. The van der Waals surface area contributed by atoms with Crippen LogP contribution in [0, 0.1) is 0 Å². The fourth-order valence-electron chi connectivity index (χ4n) is 3.24. The van der Waals surface area contributed by atoms with Crippen molar-refractivity contribution in [2.45, 2.75) is 37.0 Å². The van der Waals surface area contributed by atoms with Gasteiger partial charge in [-0.05, 0) is 12.8 Å². The van der Waals surface area contributed by atoms with Crippen molar-refractivity contribution < 1.29 is 26.8 Å². The topological polar surface area (TPSA) is 154 Å². The molecule has 4 atom stereocenters. The second-order valence-corrected chi connectivity index (χ2v) is 6.95. The van der Waals surface area contributed by atoms with Crippen molar-refractivity contribution in [2.75, 3.05) is 19.6 Å². The van der Waals surface area contributed by atoms with Gasteiger partial charge in [-0.3, -0.25) is 9.35 Å². The van der Waals surface area contributed by atoms with Crippen LogP contribution in [0.5, 0.6) is 0 Å². The van der Waals surface area contributed by atoms with Crippen LogP contribution < -0.4 is 16.4 Å². The molecule has 5 N–H and O–H groups in total. The fourth-order valence-corrected chi connectivity index (χ4v) is 3.63. The highest BCUT2D eigenvalue weighted by molar-refractivity contribution is 7.80. The number of nitrogens with one attached hydrogen (secondary N) is 2. The molecule has 0 aromatic rings. The predicted octanol–water partition coefficient (Wildman–Crippen LogP) is -2.60. The molecule has 130 valence electrons. The number of carbonyl (C=O) groups is 2. The Labute approximate surface area is 133 Å². The van der Waals surface area contributed by atoms with E-state index in [1.807, 2.05) is 0 Å². The molecule has 23 heavy (non-hydrogen) atoms. The summed E-state index contributed by atoms with van der Waals surface area (Å²) in [7, 11) is -4.79. The first kappa shape index (κ1) is 16.4. The molecule has 3 rings (SSSR count). The number of fused-ring (bicyclic) bond motifs is 2. The summed E-state index contributed by atoms with van der Waals surface area (Å²) in [6, 6.07) is -2.36. The maximum Gasteiger partial charge on any atom is 0.418 e. The number of carbonyl (C=O) groups excluding carboxylic acids is 2. The third-order valence-corrected chi connectivity index (χ3v) is 4.74. The highest BCUT2D eigenvalue weighted by Gasteiger charge is 2.49. The van der Waals surface area contributed by atoms with Crippen LogP contribution in [0.3, 0.4) is 0 Å². The Kier molecular flexibility index (Phi) is 4.18. The minimum atomic E-state index is -4.79. The van der Waals surface area contributed by atoms with E-state index < -0.39 is 28.5 Å². The lowest BCUT2D eigenvalue weighted by Crippen LogP contribution is -2.55. The quantitative estimate of drug-likeness (QED) is 0.403. The number of urea groups is 1. The van der Waals surface area contributed by atoms with E-state index >= 15 is 0 Å². The molecule has 0 saturated carbocycles. The number of hydrogen-bond acceptors (Lipinski definition) is 7. The summed E-state index contributed by atoms with van der Waals surface area (Å²) in [6.07, 6.45) is 0.772. The molecule has 3 heterocycles. The van der Waals surface area contributed by atoms with Crippen molar-refractivity contribution in [1.82, 2.24) is 20.6 Å². The number of hydroxylamine groups is 2. The molecular weight excluding hydrogens is 330 g/mol. The zero-order valence-electron chi connectivity index (χ0n) is 12.2. The van der Waals surface area contributed by atoms with Gasteiger partial charge in [-0.2, -0.15) is 13.5 Å². The standard InChI is InChI=1S/C11H19N5O6S/c12-7-3-13-4-8(7)14-10(17)9-2-1-6-5-15(9)11(18)16(6)22-23(19,20)21/h6-9,13H,1-5,12H2,(H,14,17)(H,19,20,21)/t6?,7-,8-,9+/m1/s1. The number of amides is 3. The Bertz CT molecular complexity index is 612. The number of piperidine rings is 1. The second-order valence-electron chi connectivity index (χ2n) is 5.95. The fraction of sp³-hybridized carbons (Fsp3) is 0.818. The Morgan fingerprint density at radius 2 is 2.13 bits per heavy atom. The summed E-state index contributed by atoms with van der Waals surface area (Å²) in [5, 5.41) is 6.50. The van der Waals surface area contributed by atoms with E-state index in [0.717, 1.165) is 0 Å². The third-order valence-electron chi connectivity index (χ3n) is 4.39. The number of rotatable bonds is 4. The van der Waals surface area contributed by atoms with Crippen molar-refractivity contribution in [1.29, 1.82) is 0 Å². The molecule has 3 fully saturated rings. The van der Waals surface area contributed by atoms with Crippen molar-refractivity contribution in [3.63, 3.8) is 0 Å². The molecule has 1 unspecified atom stereocenters. The van der Waals surface area contributed by atoms with Crippen LogP contribution >= 0.6 is 0 Å². The first-order valence-electron chi connectivity index (χ1n) is 7.30. The van der Waals surface area contributed by atoms with Crippen LogP contribution in [0.25, 0.3) is 0 Å². The Balaban J connectivity index is 1.67. The minimum Gasteiger partial charge on any atom is -0.349 e. The second kappa shape index (κ2) is 5.87. The van der Waals surface area contributed by atoms with Crippen LogP contribution in [-0.4, -0.2) is 78.7 Å². The van der Waals surface area contributed by atoms with Crippen LogP contribution in [0.1, 0.15) is 12.8 Å². The lowest BCUT2D eigenvalue weighted by atomic mass is 10.00. The van der Waals surface area contributed by atoms with Gasteiger partial charge in [-0.25, -0.2) is 4.79 Å². The largest absolute Gasteiger partial charge is 0.418 e. The van der Waals surface area contributed by atoms with Gasteiger partial charge in [0.2, 0.25) is 5.91 Å². The smallest absolute Gasteiger partial charge is 0.349 e. The zero-order valence-corrected chi connectivity index (χ0v) is 13.0. The van der Waals surface area contributed by atoms with Crippen LogP contribution in [0.15, 0.2) is 0 Å². The van der Waals surface area contributed by atoms with Gasteiger partial charge in [0, 0.05) is 25.7 Å². The molecule has 0 radical (unpaired) electrons. The van der Waals surface area contributed by atoms with Crippen molar-refractivity contribution >= 4 is 22.3 Å². The molecule has 11 nitrogen and oxygen atoms in total. The van der Waals surface area contributed by atoms with Gasteiger partial charge in [0.05, 0.1) is 12.1 Å². The molecule has 3 saturated heterocycles. The SMILES string of the molecule is N[C@@H]1CNC[C@H]1NC(=O)[C@@H]1CCC2CN1C(=O)N2OS(=O)(=O)O. The van der Waals surface area contributed by atoms with Crippen molar-refractivity contribution in [3.05, 3.63) is 0 Å². The molecule has 3 amide bonds. The Hall–Kier alpha value is -1.47. The van der Waals surface area contributed by atoms with E-state index in [-0.39, 0.29) is 24.5 Å². The molecule has 12 heteroatoms. The van der Waals surface area contributed by atoms with E-state index in [0.29, 0.717) is 31.0 Å². The molecule has 0 aliphatic carbocycles. The third kappa shape index (κ3) is 3.26. The predicted molar refractivity (Wildman–Crippen MR) is 76.2 cm³/mol. The summed E-state index contributed by atoms with van der Waals surface area (Å²) in [6.45, 7) is 1.34. The first-order chi connectivity index (χ1) is 10.8. The van der Waals surface area contributed by atoms with E-state index in [1.165, 1.54) is 4.90 Å². The van der Waals surface area contributed by atoms with Crippen LogP contribution in [0.4, 0.5) is 4.79 Å². The van der Waals surface area contributed by atoms with Gasteiger partial charge in [0.1, 0.15) is 6.04 Å². The normalized spacial score (nSPS) is 34.1. The summed E-state index contributed by atoms with van der Waals surface area (Å²) in [5.74, 6) is -0.324. The van der Waals surface area contributed by atoms with Crippen LogP contribution in [-0.2, 0) is 19.5 Å². The molecule has 3 aliphatic rings. The van der Waals surface area contributed by atoms with Crippen molar-refractivity contribution in [2.24, 2.45) is 5.73 Å². The molecule has 3 aliphatic heterocycles. The molecule has 0 aromatic heterocycles. The van der Waals surface area contributed by atoms with Crippen LogP contribution in [0.2, 0.25) is 0 Å². The van der Waals surface area contributed by atoms with Gasteiger partial charge >= 0.3 is 16.4 Å². The van der Waals surface area contributed by atoms with Crippen molar-refractivity contribution in [3.8, 4) is 0 Å². The molecule has 0 aromatic carbocycles. The number of hydrogen-bond donors (Lipinski definition) is 4. The lowest BCUT2D eigenvalue weighted by Gasteiger charge is -2.30. The Morgan fingerprint density at radius 1 is 1.39 bits per heavy atom. The average molecular weight is 349 g/mol. The van der Waals surface area contributed by atoms with Gasteiger partial charge in [-0.15, -0.1) is 4.28 Å². The number of nitrogens with two attached hydrogens (primary N) is 1. The monoisotopic (exact) mass is 349 g/mol. The average Bonchev–Trinajstić information content (AvgIpc) is 2.96. The number of nitrogens with zero attached hydrogens (tertiary/aromatic N) is 2. The van der Waals surface area contributed by atoms with Gasteiger partial charge < -0.3 is 21.3 Å². The van der Waals surface area contributed by atoms with E-state index in [2.05, 4.69) is 14.9 Å².